The molecule has 0 aliphatic heterocycles. The molecule has 0 saturated heterocycles. The zero-order valence-electron chi connectivity index (χ0n) is 16.0. The van der Waals surface area contributed by atoms with E-state index in [0.717, 1.165) is 25.9 Å². The zero-order chi connectivity index (χ0) is 20.5. The van der Waals surface area contributed by atoms with Crippen LogP contribution in [-0.2, 0) is 0 Å². The van der Waals surface area contributed by atoms with Gasteiger partial charge in [0.25, 0.3) is 11.8 Å². The molecule has 0 saturated carbocycles. The number of carbonyl (C=O) groups excluding carboxylic acids is 2. The van der Waals surface area contributed by atoms with E-state index in [4.69, 9.17) is 12.2 Å². The lowest BCUT2D eigenvalue weighted by Gasteiger charge is -2.21. The SMILES string of the molecule is CCCN(CCC)C(=O)c1ccc(NC(=S)NC(=O)c2ccccc2Br)cc1. The Labute approximate surface area is 179 Å². The third-order valence-electron chi connectivity index (χ3n) is 4.01. The molecule has 0 unspecified atom stereocenters. The molecule has 28 heavy (non-hydrogen) atoms. The van der Waals surface area contributed by atoms with Crippen LogP contribution in [0.15, 0.2) is 53.0 Å². The summed E-state index contributed by atoms with van der Waals surface area (Å²) < 4.78 is 0.696. The molecule has 0 radical (unpaired) electrons. The molecule has 0 spiro atoms. The molecule has 2 aromatic carbocycles. The molecule has 0 bridgehead atoms. The average Bonchev–Trinajstić information content (AvgIpc) is 2.68. The van der Waals surface area contributed by atoms with E-state index in [0.29, 0.717) is 21.3 Å². The number of thiocarbonyl (C=S) groups is 1. The molecule has 7 heteroatoms. The first-order valence-electron chi connectivity index (χ1n) is 9.22. The monoisotopic (exact) mass is 461 g/mol. The van der Waals surface area contributed by atoms with Crippen LogP contribution in [0, 0.1) is 0 Å². The standard InChI is InChI=1S/C21H24BrN3O2S/c1-3-13-25(14-4-2)20(27)15-9-11-16(12-10-15)23-21(28)24-19(26)17-7-5-6-8-18(17)22/h5-12H,3-4,13-14H2,1-2H3,(H2,23,24,26,28). The van der Waals surface area contributed by atoms with E-state index in [1.165, 1.54) is 0 Å². The van der Waals surface area contributed by atoms with Crippen molar-refractivity contribution in [3.05, 3.63) is 64.1 Å². The second-order valence-corrected chi connectivity index (χ2v) is 7.52. The minimum absolute atomic E-state index is 0.0278. The molecule has 2 N–H and O–H groups in total. The second-order valence-electron chi connectivity index (χ2n) is 6.26. The minimum atomic E-state index is -0.299. The van der Waals surface area contributed by atoms with Crippen molar-refractivity contribution < 1.29 is 9.59 Å². The van der Waals surface area contributed by atoms with Crippen molar-refractivity contribution in [2.75, 3.05) is 18.4 Å². The van der Waals surface area contributed by atoms with Crippen LogP contribution >= 0.6 is 28.1 Å². The summed E-state index contributed by atoms with van der Waals surface area (Å²) in [5.41, 5.74) is 1.83. The molecule has 2 aromatic rings. The summed E-state index contributed by atoms with van der Waals surface area (Å²) in [6.07, 6.45) is 1.85. The Morgan fingerprint density at radius 3 is 2.18 bits per heavy atom. The number of benzene rings is 2. The molecule has 0 aliphatic rings. The van der Waals surface area contributed by atoms with E-state index in [2.05, 4.69) is 40.4 Å². The van der Waals surface area contributed by atoms with Crippen LogP contribution < -0.4 is 10.6 Å². The Hall–Kier alpha value is -2.25. The summed E-state index contributed by atoms with van der Waals surface area (Å²) in [7, 11) is 0. The third-order valence-corrected chi connectivity index (χ3v) is 4.91. The predicted octanol–water partition coefficient (Wildman–Crippen LogP) is 4.84. The summed E-state index contributed by atoms with van der Waals surface area (Å²) in [6.45, 7) is 5.62. The number of nitrogens with zero attached hydrogens (tertiary/aromatic N) is 1. The average molecular weight is 462 g/mol. The lowest BCUT2D eigenvalue weighted by atomic mass is 10.1. The minimum Gasteiger partial charge on any atom is -0.339 e. The molecule has 2 amide bonds. The second kappa shape index (κ2) is 10.9. The van der Waals surface area contributed by atoms with Gasteiger partial charge < -0.3 is 10.2 Å². The van der Waals surface area contributed by atoms with Gasteiger partial charge in [-0.3, -0.25) is 14.9 Å². The quantitative estimate of drug-likeness (QED) is 0.579. The Morgan fingerprint density at radius 1 is 1.00 bits per heavy atom. The van der Waals surface area contributed by atoms with Crippen LogP contribution in [0.4, 0.5) is 5.69 Å². The van der Waals surface area contributed by atoms with Crippen molar-refractivity contribution in [2.24, 2.45) is 0 Å². The Kier molecular flexibility index (Phi) is 8.60. The van der Waals surface area contributed by atoms with Gasteiger partial charge in [0, 0.05) is 28.8 Å². The van der Waals surface area contributed by atoms with E-state index in [-0.39, 0.29) is 16.9 Å². The Bertz CT molecular complexity index is 834. The van der Waals surface area contributed by atoms with Gasteiger partial charge in [0.2, 0.25) is 0 Å². The van der Waals surface area contributed by atoms with Gasteiger partial charge in [-0.25, -0.2) is 0 Å². The molecule has 5 nitrogen and oxygen atoms in total. The van der Waals surface area contributed by atoms with Crippen molar-refractivity contribution in [1.29, 1.82) is 0 Å². The maximum absolute atomic E-state index is 12.6. The third kappa shape index (κ3) is 6.14. The molecule has 0 aromatic heterocycles. The number of carbonyl (C=O) groups is 2. The van der Waals surface area contributed by atoms with Crippen molar-refractivity contribution in [3.63, 3.8) is 0 Å². The number of anilines is 1. The highest BCUT2D eigenvalue weighted by Gasteiger charge is 2.14. The topological polar surface area (TPSA) is 61.4 Å². The van der Waals surface area contributed by atoms with E-state index < -0.39 is 0 Å². The number of halogens is 1. The van der Waals surface area contributed by atoms with Crippen molar-refractivity contribution in [2.45, 2.75) is 26.7 Å². The van der Waals surface area contributed by atoms with Gasteiger partial charge in [-0.15, -0.1) is 0 Å². The molecule has 148 valence electrons. The van der Waals surface area contributed by atoms with Crippen LogP contribution in [0.1, 0.15) is 47.4 Å². The fourth-order valence-electron chi connectivity index (χ4n) is 2.71. The van der Waals surface area contributed by atoms with E-state index in [1.54, 1.807) is 42.5 Å². The number of rotatable bonds is 7. The number of hydrogen-bond donors (Lipinski definition) is 2. The van der Waals surface area contributed by atoms with Gasteiger partial charge in [0.1, 0.15) is 0 Å². The summed E-state index contributed by atoms with van der Waals surface area (Å²) in [5.74, 6) is -0.272. The fourth-order valence-corrected chi connectivity index (χ4v) is 3.39. The van der Waals surface area contributed by atoms with E-state index in [9.17, 15) is 9.59 Å². The molecule has 0 fully saturated rings. The first kappa shape index (κ1) is 22.0. The van der Waals surface area contributed by atoms with Gasteiger partial charge in [-0.2, -0.15) is 0 Å². The van der Waals surface area contributed by atoms with Crippen molar-refractivity contribution in [1.82, 2.24) is 10.2 Å². The van der Waals surface area contributed by atoms with Crippen molar-refractivity contribution in [3.8, 4) is 0 Å². The van der Waals surface area contributed by atoms with Gasteiger partial charge in [-0.05, 0) is 77.4 Å². The highest BCUT2D eigenvalue weighted by atomic mass is 79.9. The molecule has 2 rings (SSSR count). The first-order valence-corrected chi connectivity index (χ1v) is 10.4. The molecular weight excluding hydrogens is 438 g/mol. The summed E-state index contributed by atoms with van der Waals surface area (Å²) >= 11 is 8.57. The van der Waals surface area contributed by atoms with E-state index in [1.807, 2.05) is 11.0 Å². The van der Waals surface area contributed by atoms with Crippen LogP contribution in [-0.4, -0.2) is 34.9 Å². The fraction of sp³-hybridized carbons (Fsp3) is 0.286. The summed E-state index contributed by atoms with van der Waals surface area (Å²) in [5, 5.41) is 5.81. The number of amides is 2. The Balaban J connectivity index is 1.98. The maximum atomic E-state index is 12.6. The largest absolute Gasteiger partial charge is 0.339 e. The van der Waals surface area contributed by atoms with Crippen LogP contribution in [0.25, 0.3) is 0 Å². The van der Waals surface area contributed by atoms with Gasteiger partial charge >= 0.3 is 0 Å². The number of hydrogen-bond acceptors (Lipinski definition) is 3. The van der Waals surface area contributed by atoms with Crippen molar-refractivity contribution >= 4 is 50.8 Å². The molecule has 0 aliphatic carbocycles. The maximum Gasteiger partial charge on any atom is 0.258 e. The molecular formula is C21H24BrN3O2S. The Morgan fingerprint density at radius 2 is 1.61 bits per heavy atom. The van der Waals surface area contributed by atoms with Gasteiger partial charge in [0.15, 0.2) is 5.11 Å². The zero-order valence-corrected chi connectivity index (χ0v) is 18.4. The van der Waals surface area contributed by atoms with Crippen LogP contribution in [0.5, 0.6) is 0 Å². The highest BCUT2D eigenvalue weighted by Crippen LogP contribution is 2.16. The number of nitrogens with one attached hydrogen (secondary N) is 2. The normalized spacial score (nSPS) is 10.2. The van der Waals surface area contributed by atoms with E-state index >= 15 is 0 Å². The molecule has 0 heterocycles. The molecule has 0 atom stereocenters. The highest BCUT2D eigenvalue weighted by molar-refractivity contribution is 9.10. The lowest BCUT2D eigenvalue weighted by molar-refractivity contribution is 0.0755. The van der Waals surface area contributed by atoms with Crippen LogP contribution in [0.3, 0.4) is 0 Å². The smallest absolute Gasteiger partial charge is 0.258 e. The summed E-state index contributed by atoms with van der Waals surface area (Å²) in [6, 6.07) is 14.2. The van der Waals surface area contributed by atoms with Gasteiger partial charge in [-0.1, -0.05) is 26.0 Å². The van der Waals surface area contributed by atoms with Crippen LogP contribution in [0.2, 0.25) is 0 Å². The lowest BCUT2D eigenvalue weighted by Crippen LogP contribution is -2.34. The van der Waals surface area contributed by atoms with Gasteiger partial charge in [0.05, 0.1) is 5.56 Å². The first-order chi connectivity index (χ1) is 13.5. The summed E-state index contributed by atoms with van der Waals surface area (Å²) in [4.78, 5) is 26.8. The predicted molar refractivity (Wildman–Crippen MR) is 121 cm³/mol.